The molecule has 0 aliphatic rings. The van der Waals surface area contributed by atoms with Gasteiger partial charge in [0.2, 0.25) is 11.6 Å². The molecule has 3 rings (SSSR count). The fourth-order valence-corrected chi connectivity index (χ4v) is 2.54. The zero-order chi connectivity index (χ0) is 17.3. The largest absolute Gasteiger partial charge is 0.356 e. The summed E-state index contributed by atoms with van der Waals surface area (Å²) in [7, 11) is 1.73. The zero-order valence-corrected chi connectivity index (χ0v) is 13.5. The average Bonchev–Trinajstić information content (AvgIpc) is 2.92. The van der Waals surface area contributed by atoms with Crippen LogP contribution >= 0.6 is 0 Å². The van der Waals surface area contributed by atoms with Crippen LogP contribution in [-0.4, -0.2) is 31.7 Å². The number of nitro groups is 1. The van der Waals surface area contributed by atoms with Crippen LogP contribution < -0.4 is 4.90 Å². The maximum absolute atomic E-state index is 11.7. The maximum atomic E-state index is 11.7. The minimum atomic E-state index is -0.472. The van der Waals surface area contributed by atoms with Crippen molar-refractivity contribution in [2.75, 3.05) is 11.9 Å². The highest BCUT2D eigenvalue weighted by atomic mass is 16.6. The summed E-state index contributed by atoms with van der Waals surface area (Å²) < 4.78 is 1.47. The van der Waals surface area contributed by atoms with Crippen LogP contribution in [0.3, 0.4) is 0 Å². The summed E-state index contributed by atoms with van der Waals surface area (Å²) in [5, 5.41) is 16.0. The summed E-state index contributed by atoms with van der Waals surface area (Å²) in [6.07, 6.45) is 1.31. The Hall–Kier alpha value is -3.29. The van der Waals surface area contributed by atoms with Gasteiger partial charge in [-0.05, 0) is 32.0 Å². The molecular weight excluding hydrogens is 308 g/mol. The third-order valence-electron chi connectivity index (χ3n) is 3.64. The third-order valence-corrected chi connectivity index (χ3v) is 3.64. The lowest BCUT2D eigenvalue weighted by atomic mass is 10.3. The molecule has 0 bridgehead atoms. The van der Waals surface area contributed by atoms with Gasteiger partial charge >= 0.3 is 5.69 Å². The van der Waals surface area contributed by atoms with E-state index in [0.717, 1.165) is 17.1 Å². The Kier molecular flexibility index (Phi) is 3.95. The van der Waals surface area contributed by atoms with E-state index >= 15 is 0 Å². The van der Waals surface area contributed by atoms with E-state index in [1.807, 2.05) is 50.2 Å². The van der Waals surface area contributed by atoms with Crippen LogP contribution in [0.5, 0.6) is 0 Å². The highest BCUT2D eigenvalue weighted by molar-refractivity contribution is 5.71. The highest BCUT2D eigenvalue weighted by Crippen LogP contribution is 2.33. The SMILES string of the molecule is Cc1cc(C)n(-c2ncnc(N(C)c3ccccc3)c2[N+](=O)[O-])n1. The maximum Gasteiger partial charge on any atom is 0.356 e. The van der Waals surface area contributed by atoms with Gasteiger partial charge in [-0.1, -0.05) is 18.2 Å². The fraction of sp³-hybridized carbons (Fsp3) is 0.188. The van der Waals surface area contributed by atoms with Gasteiger partial charge in [0.1, 0.15) is 6.33 Å². The molecule has 0 N–H and O–H groups in total. The summed E-state index contributed by atoms with van der Waals surface area (Å²) in [6, 6.07) is 11.2. The molecule has 0 fully saturated rings. The van der Waals surface area contributed by atoms with Gasteiger partial charge < -0.3 is 4.90 Å². The molecular formula is C16H16N6O2. The molecule has 1 aromatic carbocycles. The molecule has 8 heteroatoms. The normalized spacial score (nSPS) is 10.6. The van der Waals surface area contributed by atoms with E-state index in [4.69, 9.17) is 0 Å². The number of benzene rings is 1. The molecule has 3 aromatic rings. The molecule has 0 aliphatic heterocycles. The van der Waals surface area contributed by atoms with Gasteiger partial charge in [0.15, 0.2) is 0 Å². The second-order valence-electron chi connectivity index (χ2n) is 5.36. The van der Waals surface area contributed by atoms with Crippen molar-refractivity contribution in [3.63, 3.8) is 0 Å². The Labute approximate surface area is 138 Å². The van der Waals surface area contributed by atoms with Gasteiger partial charge in [0.05, 0.1) is 10.6 Å². The molecule has 0 saturated carbocycles. The second-order valence-corrected chi connectivity index (χ2v) is 5.36. The molecule has 0 unspecified atom stereocenters. The minimum Gasteiger partial charge on any atom is -0.324 e. The molecule has 0 atom stereocenters. The van der Waals surface area contributed by atoms with E-state index in [2.05, 4.69) is 15.1 Å². The molecule has 0 radical (unpaired) electrons. The van der Waals surface area contributed by atoms with E-state index in [0.29, 0.717) is 0 Å². The average molecular weight is 324 g/mol. The predicted octanol–water partition coefficient (Wildman–Crippen LogP) is 2.96. The molecule has 0 amide bonds. The van der Waals surface area contributed by atoms with Gasteiger partial charge in [0.25, 0.3) is 0 Å². The number of nitrogens with zero attached hydrogens (tertiary/aromatic N) is 6. The van der Waals surface area contributed by atoms with Crippen molar-refractivity contribution in [2.24, 2.45) is 0 Å². The lowest BCUT2D eigenvalue weighted by molar-refractivity contribution is -0.384. The van der Waals surface area contributed by atoms with Crippen molar-refractivity contribution in [3.05, 3.63) is 64.2 Å². The van der Waals surface area contributed by atoms with E-state index in [-0.39, 0.29) is 17.3 Å². The summed E-state index contributed by atoms with van der Waals surface area (Å²) in [5.41, 5.74) is 2.13. The van der Waals surface area contributed by atoms with Gasteiger partial charge in [-0.2, -0.15) is 5.10 Å². The standard InChI is InChI=1S/C16H16N6O2/c1-11-9-12(2)21(19-11)16-14(22(23)24)15(17-10-18-16)20(3)13-7-5-4-6-8-13/h4-10H,1-3H3. The van der Waals surface area contributed by atoms with E-state index < -0.39 is 4.92 Å². The quantitative estimate of drug-likeness (QED) is 0.541. The number of anilines is 2. The van der Waals surface area contributed by atoms with Crippen molar-refractivity contribution in [3.8, 4) is 5.82 Å². The van der Waals surface area contributed by atoms with Crippen LogP contribution in [0.1, 0.15) is 11.4 Å². The Bertz CT molecular complexity index is 891. The van der Waals surface area contributed by atoms with Crippen LogP contribution in [0.4, 0.5) is 17.2 Å². The number of aromatic nitrogens is 4. The Morgan fingerprint density at radius 1 is 1.17 bits per heavy atom. The second kappa shape index (κ2) is 6.07. The monoisotopic (exact) mass is 324 g/mol. The minimum absolute atomic E-state index is 0.151. The van der Waals surface area contributed by atoms with E-state index in [1.165, 1.54) is 11.0 Å². The number of hydrogen-bond donors (Lipinski definition) is 0. The number of para-hydroxylation sites is 1. The summed E-state index contributed by atoms with van der Waals surface area (Å²) in [5.74, 6) is 0.363. The molecule has 0 spiro atoms. The van der Waals surface area contributed by atoms with Crippen LogP contribution in [0.2, 0.25) is 0 Å². The van der Waals surface area contributed by atoms with E-state index in [1.54, 1.807) is 11.9 Å². The molecule has 122 valence electrons. The Balaban J connectivity index is 2.20. The lowest BCUT2D eigenvalue weighted by Crippen LogP contribution is -2.16. The Morgan fingerprint density at radius 2 is 1.88 bits per heavy atom. The first kappa shape index (κ1) is 15.6. The van der Waals surface area contributed by atoms with Gasteiger partial charge in [-0.25, -0.2) is 14.6 Å². The van der Waals surface area contributed by atoms with Crippen molar-refractivity contribution in [1.82, 2.24) is 19.7 Å². The molecule has 2 aromatic heterocycles. The van der Waals surface area contributed by atoms with Crippen molar-refractivity contribution < 1.29 is 4.92 Å². The van der Waals surface area contributed by atoms with Crippen LogP contribution in [0.15, 0.2) is 42.7 Å². The zero-order valence-electron chi connectivity index (χ0n) is 13.5. The summed E-state index contributed by atoms with van der Waals surface area (Å²) >= 11 is 0. The fourth-order valence-electron chi connectivity index (χ4n) is 2.54. The van der Waals surface area contributed by atoms with Gasteiger partial charge in [-0.15, -0.1) is 0 Å². The van der Waals surface area contributed by atoms with Crippen LogP contribution in [0.25, 0.3) is 5.82 Å². The van der Waals surface area contributed by atoms with Gasteiger partial charge in [0, 0.05) is 18.4 Å². The predicted molar refractivity (Wildman–Crippen MR) is 89.8 cm³/mol. The number of hydrogen-bond acceptors (Lipinski definition) is 6. The summed E-state index contributed by atoms with van der Waals surface area (Å²) in [4.78, 5) is 21.2. The van der Waals surface area contributed by atoms with Crippen molar-refractivity contribution >= 4 is 17.2 Å². The smallest absolute Gasteiger partial charge is 0.324 e. The van der Waals surface area contributed by atoms with Gasteiger partial charge in [-0.3, -0.25) is 10.1 Å². The highest BCUT2D eigenvalue weighted by Gasteiger charge is 2.28. The van der Waals surface area contributed by atoms with Crippen LogP contribution in [-0.2, 0) is 0 Å². The molecule has 8 nitrogen and oxygen atoms in total. The third kappa shape index (κ3) is 2.69. The summed E-state index contributed by atoms with van der Waals surface area (Å²) in [6.45, 7) is 3.65. The molecule has 0 aliphatic carbocycles. The molecule has 2 heterocycles. The lowest BCUT2D eigenvalue weighted by Gasteiger charge is -2.18. The van der Waals surface area contributed by atoms with Crippen molar-refractivity contribution in [2.45, 2.75) is 13.8 Å². The first-order chi connectivity index (χ1) is 11.5. The Morgan fingerprint density at radius 3 is 2.46 bits per heavy atom. The first-order valence-electron chi connectivity index (χ1n) is 7.31. The molecule has 24 heavy (non-hydrogen) atoms. The number of aryl methyl sites for hydroxylation is 2. The van der Waals surface area contributed by atoms with E-state index in [9.17, 15) is 10.1 Å². The topological polar surface area (TPSA) is 90.0 Å². The first-order valence-corrected chi connectivity index (χ1v) is 7.31. The van der Waals surface area contributed by atoms with Crippen LogP contribution in [0, 0.1) is 24.0 Å². The molecule has 0 saturated heterocycles. The number of rotatable bonds is 4. The van der Waals surface area contributed by atoms with Crippen molar-refractivity contribution in [1.29, 1.82) is 0 Å².